The quantitative estimate of drug-likeness (QED) is 0.722. The van der Waals surface area contributed by atoms with Crippen LogP contribution in [0.4, 0.5) is 20.2 Å². The van der Waals surface area contributed by atoms with Crippen molar-refractivity contribution in [1.82, 2.24) is 0 Å². The van der Waals surface area contributed by atoms with Crippen LogP contribution in [-0.4, -0.2) is 12.1 Å². The zero-order chi connectivity index (χ0) is 11.9. The molecule has 0 unspecified atom stereocenters. The molecule has 2 nitrogen and oxygen atoms in total. The van der Waals surface area contributed by atoms with E-state index in [-0.39, 0.29) is 5.54 Å². The monoisotopic (exact) mass is 238 g/mol. The van der Waals surface area contributed by atoms with Gasteiger partial charge in [-0.3, -0.25) is 0 Å². The lowest BCUT2D eigenvalue weighted by Crippen LogP contribution is -2.35. The van der Waals surface area contributed by atoms with Gasteiger partial charge in [0.25, 0.3) is 0 Å². The van der Waals surface area contributed by atoms with Crippen molar-refractivity contribution in [2.24, 2.45) is 0 Å². The largest absolute Gasteiger partial charge is 0.383 e. The summed E-state index contributed by atoms with van der Waals surface area (Å²) in [6, 6.07) is 2.78. The van der Waals surface area contributed by atoms with Crippen molar-refractivity contribution in [3.63, 3.8) is 0 Å². The molecule has 0 bridgehead atoms. The molecule has 1 aliphatic heterocycles. The topological polar surface area (TPSA) is 24.1 Å². The van der Waals surface area contributed by atoms with Crippen LogP contribution in [0.25, 0.3) is 0 Å². The average molecular weight is 238 g/mol. The Balaban J connectivity index is 2.03. The third-order valence-electron chi connectivity index (χ3n) is 3.96. The molecular weight excluding hydrogens is 222 g/mol. The van der Waals surface area contributed by atoms with Crippen molar-refractivity contribution >= 4 is 11.4 Å². The molecule has 1 fully saturated rings. The van der Waals surface area contributed by atoms with Crippen LogP contribution >= 0.6 is 0 Å². The number of benzene rings is 1. The maximum atomic E-state index is 13.8. The van der Waals surface area contributed by atoms with E-state index in [1.807, 2.05) is 0 Å². The molecule has 0 amide bonds. The minimum Gasteiger partial charge on any atom is -0.383 e. The molecule has 17 heavy (non-hydrogen) atoms. The molecule has 1 aromatic rings. The van der Waals surface area contributed by atoms with Crippen molar-refractivity contribution in [1.29, 1.82) is 0 Å². The fourth-order valence-electron chi connectivity index (χ4n) is 3.01. The lowest BCUT2D eigenvalue weighted by Gasteiger charge is -2.29. The van der Waals surface area contributed by atoms with E-state index in [9.17, 15) is 8.78 Å². The summed E-state index contributed by atoms with van der Waals surface area (Å²) in [5.41, 5.74) is 0.949. The third-order valence-corrected chi connectivity index (χ3v) is 3.96. The van der Waals surface area contributed by atoms with Gasteiger partial charge in [0.1, 0.15) is 0 Å². The van der Waals surface area contributed by atoms with Crippen LogP contribution in [0.15, 0.2) is 12.1 Å². The van der Waals surface area contributed by atoms with Crippen LogP contribution in [0.3, 0.4) is 0 Å². The third kappa shape index (κ3) is 1.75. The molecule has 4 heteroatoms. The van der Waals surface area contributed by atoms with Gasteiger partial charge in [-0.1, -0.05) is 12.8 Å². The molecule has 0 radical (unpaired) electrons. The highest BCUT2D eigenvalue weighted by Gasteiger charge is 2.36. The summed E-state index contributed by atoms with van der Waals surface area (Å²) in [4.78, 5) is 0. The highest BCUT2D eigenvalue weighted by atomic mass is 19.2. The van der Waals surface area contributed by atoms with E-state index >= 15 is 0 Å². The van der Waals surface area contributed by atoms with Crippen LogP contribution in [0.2, 0.25) is 0 Å². The normalized spacial score (nSPS) is 21.5. The standard InChI is InChI=1S/C13H16F2N2/c14-9-3-4-10-12(11(9)15)17-13(7-8-16-10)5-1-2-6-13/h3-4,16-17H,1-2,5-8H2. The molecule has 1 saturated carbocycles. The lowest BCUT2D eigenvalue weighted by molar-refractivity contribution is 0.453. The molecule has 1 aromatic carbocycles. The van der Waals surface area contributed by atoms with Gasteiger partial charge in [-0.2, -0.15) is 0 Å². The van der Waals surface area contributed by atoms with Gasteiger partial charge in [-0.05, 0) is 31.4 Å². The molecule has 1 heterocycles. The Morgan fingerprint density at radius 1 is 1.06 bits per heavy atom. The van der Waals surface area contributed by atoms with Crippen LogP contribution < -0.4 is 10.6 Å². The van der Waals surface area contributed by atoms with Gasteiger partial charge in [-0.25, -0.2) is 8.78 Å². The maximum absolute atomic E-state index is 13.8. The highest BCUT2D eigenvalue weighted by Crippen LogP contribution is 2.41. The van der Waals surface area contributed by atoms with Gasteiger partial charge in [0, 0.05) is 12.1 Å². The zero-order valence-electron chi connectivity index (χ0n) is 9.65. The number of hydrogen-bond donors (Lipinski definition) is 2. The minimum atomic E-state index is -0.784. The first-order chi connectivity index (χ1) is 8.20. The van der Waals surface area contributed by atoms with Gasteiger partial charge in [0.2, 0.25) is 0 Å². The molecule has 1 aliphatic carbocycles. The Kier molecular flexibility index (Phi) is 2.45. The summed E-state index contributed by atoms with van der Waals surface area (Å²) in [6.07, 6.45) is 5.38. The molecule has 2 aliphatic rings. The molecule has 3 rings (SSSR count). The minimum absolute atomic E-state index is 0.0348. The second kappa shape index (κ2) is 3.86. The summed E-state index contributed by atoms with van der Waals surface area (Å²) in [5, 5.41) is 6.44. The fourth-order valence-corrected chi connectivity index (χ4v) is 3.01. The summed E-state index contributed by atoms with van der Waals surface area (Å²) < 4.78 is 27.1. The molecule has 0 atom stereocenters. The van der Waals surface area contributed by atoms with E-state index in [2.05, 4.69) is 10.6 Å². The van der Waals surface area contributed by atoms with Crippen molar-refractivity contribution in [2.45, 2.75) is 37.6 Å². The number of nitrogens with one attached hydrogen (secondary N) is 2. The van der Waals surface area contributed by atoms with Crippen LogP contribution in [-0.2, 0) is 0 Å². The predicted octanol–water partition coefficient (Wildman–Crippen LogP) is 3.51. The van der Waals surface area contributed by atoms with Gasteiger partial charge in [0.05, 0.1) is 11.4 Å². The van der Waals surface area contributed by atoms with E-state index in [1.165, 1.54) is 18.9 Å². The molecule has 92 valence electrons. The molecule has 0 saturated heterocycles. The second-order valence-corrected chi connectivity index (χ2v) is 5.07. The zero-order valence-corrected chi connectivity index (χ0v) is 9.65. The summed E-state index contributed by atoms with van der Waals surface area (Å²) in [5.74, 6) is -1.55. The number of fused-ring (bicyclic) bond motifs is 1. The fraction of sp³-hybridized carbons (Fsp3) is 0.538. The molecular formula is C13H16F2N2. The van der Waals surface area contributed by atoms with Gasteiger partial charge >= 0.3 is 0 Å². The Labute approximate surface area is 99.4 Å². The van der Waals surface area contributed by atoms with Crippen molar-refractivity contribution in [3.05, 3.63) is 23.8 Å². The highest BCUT2D eigenvalue weighted by molar-refractivity contribution is 5.71. The summed E-state index contributed by atoms with van der Waals surface area (Å²) >= 11 is 0. The number of anilines is 2. The van der Waals surface area contributed by atoms with Crippen molar-refractivity contribution < 1.29 is 8.78 Å². The Bertz CT molecular complexity index is 439. The molecule has 0 aromatic heterocycles. The number of halogens is 2. The number of rotatable bonds is 0. The predicted molar refractivity (Wildman–Crippen MR) is 64.3 cm³/mol. The molecule has 1 spiro atoms. The lowest BCUT2D eigenvalue weighted by atomic mass is 9.93. The van der Waals surface area contributed by atoms with Crippen LogP contribution in [0.5, 0.6) is 0 Å². The van der Waals surface area contributed by atoms with E-state index in [1.54, 1.807) is 6.07 Å². The van der Waals surface area contributed by atoms with Gasteiger partial charge < -0.3 is 10.6 Å². The van der Waals surface area contributed by atoms with Crippen molar-refractivity contribution in [3.8, 4) is 0 Å². The van der Waals surface area contributed by atoms with Crippen LogP contribution in [0, 0.1) is 11.6 Å². The van der Waals surface area contributed by atoms with Crippen LogP contribution in [0.1, 0.15) is 32.1 Å². The second-order valence-electron chi connectivity index (χ2n) is 5.07. The average Bonchev–Trinajstić information content (AvgIpc) is 2.67. The van der Waals surface area contributed by atoms with E-state index in [0.717, 1.165) is 25.8 Å². The summed E-state index contributed by atoms with van der Waals surface area (Å²) in [7, 11) is 0. The maximum Gasteiger partial charge on any atom is 0.184 e. The van der Waals surface area contributed by atoms with Gasteiger partial charge in [-0.15, -0.1) is 0 Å². The van der Waals surface area contributed by atoms with Gasteiger partial charge in [0.15, 0.2) is 11.6 Å². The van der Waals surface area contributed by atoms with E-state index < -0.39 is 11.6 Å². The number of hydrogen-bond acceptors (Lipinski definition) is 2. The smallest absolute Gasteiger partial charge is 0.184 e. The first kappa shape index (κ1) is 10.8. The SMILES string of the molecule is Fc1ccc2c(c1F)NC1(CCCC1)CCN2. The Morgan fingerprint density at radius 2 is 1.82 bits per heavy atom. The van der Waals surface area contributed by atoms with E-state index in [4.69, 9.17) is 0 Å². The Hall–Kier alpha value is -1.32. The first-order valence-electron chi connectivity index (χ1n) is 6.20. The molecule has 2 N–H and O–H groups in total. The first-order valence-corrected chi connectivity index (χ1v) is 6.20. The van der Waals surface area contributed by atoms with E-state index in [0.29, 0.717) is 11.4 Å². The Morgan fingerprint density at radius 3 is 2.59 bits per heavy atom. The summed E-state index contributed by atoms with van der Waals surface area (Å²) in [6.45, 7) is 0.811. The van der Waals surface area contributed by atoms with Crippen molar-refractivity contribution in [2.75, 3.05) is 17.2 Å².